The van der Waals surface area contributed by atoms with E-state index in [0.717, 1.165) is 11.8 Å². The molecule has 0 aliphatic heterocycles. The number of carbonyl (C=O) groups is 1. The Balaban J connectivity index is 1.60. The molecule has 0 aliphatic rings. The summed E-state index contributed by atoms with van der Waals surface area (Å²) < 4.78 is 20.2. The number of methoxy groups -OCH3 is 1. The highest BCUT2D eigenvalue weighted by molar-refractivity contribution is 5.94. The first-order valence-corrected chi connectivity index (χ1v) is 7.98. The second kappa shape index (κ2) is 7.79. The van der Waals surface area contributed by atoms with E-state index < -0.39 is 17.8 Å². The van der Waals surface area contributed by atoms with Gasteiger partial charge in [0.05, 0.1) is 18.9 Å². The molecule has 1 aromatic heterocycles. The third-order valence-electron chi connectivity index (χ3n) is 3.92. The van der Waals surface area contributed by atoms with Crippen molar-refractivity contribution in [1.29, 1.82) is 0 Å². The Morgan fingerprint density at radius 3 is 2.69 bits per heavy atom. The largest absolute Gasteiger partial charge is 0.494 e. The summed E-state index contributed by atoms with van der Waals surface area (Å²) in [4.78, 5) is 12.1. The molecule has 0 saturated heterocycles. The number of aliphatic hydroxyl groups is 1. The van der Waals surface area contributed by atoms with Gasteiger partial charge in [0.15, 0.2) is 11.6 Å². The van der Waals surface area contributed by atoms with Crippen LogP contribution in [-0.2, 0) is 0 Å². The molecule has 3 aromatic rings. The number of aromatic nitrogens is 2. The van der Waals surface area contributed by atoms with Crippen LogP contribution in [0.15, 0.2) is 60.9 Å². The maximum atomic E-state index is 13.7. The number of halogens is 1. The summed E-state index contributed by atoms with van der Waals surface area (Å²) in [5.41, 5.74) is 1.68. The molecular formula is C19H18FN3O3. The van der Waals surface area contributed by atoms with Gasteiger partial charge in [0.2, 0.25) is 0 Å². The molecule has 0 radical (unpaired) electrons. The third kappa shape index (κ3) is 3.89. The summed E-state index contributed by atoms with van der Waals surface area (Å²) in [5.74, 6) is -1.02. The fourth-order valence-corrected chi connectivity index (χ4v) is 2.49. The molecular weight excluding hydrogens is 337 g/mol. The van der Waals surface area contributed by atoms with Crippen molar-refractivity contribution in [2.24, 2.45) is 0 Å². The Hall–Kier alpha value is -3.19. The zero-order chi connectivity index (χ0) is 18.5. The van der Waals surface area contributed by atoms with Crippen LogP contribution < -0.4 is 10.1 Å². The monoisotopic (exact) mass is 355 g/mol. The van der Waals surface area contributed by atoms with E-state index in [1.165, 1.54) is 19.2 Å². The molecule has 1 amide bonds. The van der Waals surface area contributed by atoms with Crippen molar-refractivity contribution >= 4 is 5.91 Å². The first kappa shape index (κ1) is 17.6. The van der Waals surface area contributed by atoms with Crippen molar-refractivity contribution in [1.82, 2.24) is 15.1 Å². The van der Waals surface area contributed by atoms with Gasteiger partial charge in [-0.05, 0) is 42.0 Å². The Labute approximate surface area is 149 Å². The van der Waals surface area contributed by atoms with Crippen molar-refractivity contribution in [3.8, 4) is 11.4 Å². The van der Waals surface area contributed by atoms with Gasteiger partial charge in [-0.3, -0.25) is 4.79 Å². The lowest BCUT2D eigenvalue weighted by molar-refractivity contribution is 0.0916. The lowest BCUT2D eigenvalue weighted by Gasteiger charge is -2.13. The van der Waals surface area contributed by atoms with Gasteiger partial charge >= 0.3 is 0 Å². The normalized spacial score (nSPS) is 11.8. The van der Waals surface area contributed by atoms with Gasteiger partial charge in [0, 0.05) is 24.5 Å². The molecule has 2 aromatic carbocycles. The number of amides is 1. The molecule has 2 N–H and O–H groups in total. The van der Waals surface area contributed by atoms with E-state index in [0.29, 0.717) is 5.56 Å². The van der Waals surface area contributed by atoms with Crippen LogP contribution in [0.3, 0.4) is 0 Å². The number of benzene rings is 2. The Bertz CT molecular complexity index is 880. The molecule has 3 rings (SSSR count). The number of carbonyl (C=O) groups excluding carboxylic acids is 1. The average molecular weight is 355 g/mol. The summed E-state index contributed by atoms with van der Waals surface area (Å²) in [6, 6.07) is 12.9. The van der Waals surface area contributed by atoms with Gasteiger partial charge in [-0.25, -0.2) is 9.07 Å². The van der Waals surface area contributed by atoms with Crippen LogP contribution in [0.25, 0.3) is 5.69 Å². The van der Waals surface area contributed by atoms with Crippen molar-refractivity contribution < 1.29 is 19.0 Å². The van der Waals surface area contributed by atoms with Gasteiger partial charge < -0.3 is 15.2 Å². The number of hydrogen-bond acceptors (Lipinski definition) is 4. The highest BCUT2D eigenvalue weighted by atomic mass is 19.1. The number of ether oxygens (including phenoxy) is 1. The standard InChI is InChI=1S/C19H18FN3O3/c1-26-18-8-5-14(11-16(18)20)19(25)21-12-17(24)13-3-6-15(7-4-13)23-10-2-9-22-23/h2-11,17,24H,12H2,1H3,(H,21,25). The van der Waals surface area contributed by atoms with Gasteiger partial charge in [-0.15, -0.1) is 0 Å². The second-order valence-electron chi connectivity index (χ2n) is 5.62. The van der Waals surface area contributed by atoms with Crippen LogP contribution in [0, 0.1) is 5.82 Å². The van der Waals surface area contributed by atoms with Crippen molar-refractivity contribution in [2.75, 3.05) is 13.7 Å². The van der Waals surface area contributed by atoms with E-state index >= 15 is 0 Å². The molecule has 0 aliphatic carbocycles. The molecule has 0 spiro atoms. The van der Waals surface area contributed by atoms with Gasteiger partial charge in [0.25, 0.3) is 5.91 Å². The second-order valence-corrected chi connectivity index (χ2v) is 5.62. The fraction of sp³-hybridized carbons (Fsp3) is 0.158. The van der Waals surface area contributed by atoms with Crippen LogP contribution in [0.5, 0.6) is 5.75 Å². The lowest BCUT2D eigenvalue weighted by Crippen LogP contribution is -2.28. The zero-order valence-electron chi connectivity index (χ0n) is 14.1. The minimum absolute atomic E-state index is 0.00754. The predicted molar refractivity (Wildman–Crippen MR) is 93.8 cm³/mol. The molecule has 0 fully saturated rings. The molecule has 6 nitrogen and oxygen atoms in total. The number of hydrogen-bond donors (Lipinski definition) is 2. The summed E-state index contributed by atoms with van der Waals surface area (Å²) in [6.45, 7) is 0.00754. The van der Waals surface area contributed by atoms with Gasteiger partial charge in [-0.1, -0.05) is 12.1 Å². The van der Waals surface area contributed by atoms with E-state index in [1.807, 2.05) is 24.4 Å². The van der Waals surface area contributed by atoms with Crippen LogP contribution in [-0.4, -0.2) is 34.4 Å². The average Bonchev–Trinajstić information content (AvgIpc) is 3.20. The molecule has 7 heteroatoms. The van der Waals surface area contributed by atoms with Crippen LogP contribution in [0.2, 0.25) is 0 Å². The first-order valence-electron chi connectivity index (χ1n) is 7.98. The van der Waals surface area contributed by atoms with E-state index in [-0.39, 0.29) is 17.9 Å². The molecule has 1 heterocycles. The molecule has 1 unspecified atom stereocenters. The topological polar surface area (TPSA) is 76.4 Å². The van der Waals surface area contributed by atoms with Gasteiger partial charge in [-0.2, -0.15) is 5.10 Å². The predicted octanol–water partition coefficient (Wildman–Crippen LogP) is 2.48. The maximum absolute atomic E-state index is 13.7. The number of nitrogens with zero attached hydrogens (tertiary/aromatic N) is 2. The fourth-order valence-electron chi connectivity index (χ4n) is 2.49. The van der Waals surface area contributed by atoms with Gasteiger partial charge in [0.1, 0.15) is 0 Å². The lowest BCUT2D eigenvalue weighted by atomic mass is 10.1. The summed E-state index contributed by atoms with van der Waals surface area (Å²) >= 11 is 0. The minimum Gasteiger partial charge on any atom is -0.494 e. The van der Waals surface area contributed by atoms with E-state index in [1.54, 1.807) is 23.0 Å². The summed E-state index contributed by atoms with van der Waals surface area (Å²) in [7, 11) is 1.35. The van der Waals surface area contributed by atoms with Crippen LogP contribution in [0.4, 0.5) is 4.39 Å². The minimum atomic E-state index is -0.881. The first-order chi connectivity index (χ1) is 12.6. The smallest absolute Gasteiger partial charge is 0.251 e. The van der Waals surface area contributed by atoms with Crippen molar-refractivity contribution in [3.63, 3.8) is 0 Å². The molecule has 0 bridgehead atoms. The summed E-state index contributed by atoms with van der Waals surface area (Å²) in [6.07, 6.45) is 2.62. The zero-order valence-corrected chi connectivity index (χ0v) is 14.1. The quantitative estimate of drug-likeness (QED) is 0.712. The SMILES string of the molecule is COc1ccc(C(=O)NCC(O)c2ccc(-n3cccn3)cc2)cc1F. The number of aliphatic hydroxyl groups excluding tert-OH is 1. The Morgan fingerprint density at radius 2 is 2.08 bits per heavy atom. The van der Waals surface area contributed by atoms with Crippen molar-refractivity contribution in [2.45, 2.75) is 6.10 Å². The molecule has 26 heavy (non-hydrogen) atoms. The highest BCUT2D eigenvalue weighted by Gasteiger charge is 2.13. The third-order valence-corrected chi connectivity index (χ3v) is 3.92. The Kier molecular flexibility index (Phi) is 5.28. The number of nitrogens with one attached hydrogen (secondary N) is 1. The molecule has 134 valence electrons. The van der Waals surface area contributed by atoms with E-state index in [4.69, 9.17) is 4.74 Å². The summed E-state index contributed by atoms with van der Waals surface area (Å²) in [5, 5.41) is 17.0. The Morgan fingerprint density at radius 1 is 1.31 bits per heavy atom. The molecule has 1 atom stereocenters. The van der Waals surface area contributed by atoms with Crippen LogP contribution >= 0.6 is 0 Å². The van der Waals surface area contributed by atoms with E-state index in [9.17, 15) is 14.3 Å². The molecule has 0 saturated carbocycles. The number of rotatable bonds is 6. The van der Waals surface area contributed by atoms with Crippen molar-refractivity contribution in [3.05, 3.63) is 77.9 Å². The highest BCUT2D eigenvalue weighted by Crippen LogP contribution is 2.18. The maximum Gasteiger partial charge on any atom is 0.251 e. The van der Waals surface area contributed by atoms with E-state index in [2.05, 4.69) is 10.4 Å². The van der Waals surface area contributed by atoms with Crippen LogP contribution in [0.1, 0.15) is 22.0 Å².